The van der Waals surface area contributed by atoms with Crippen LogP contribution < -0.4 is 0 Å². The molecule has 0 unspecified atom stereocenters. The van der Waals surface area contributed by atoms with Crippen LogP contribution in [0.25, 0.3) is 0 Å². The molecule has 1 aromatic rings. The zero-order valence-corrected chi connectivity index (χ0v) is 15.5. The highest BCUT2D eigenvalue weighted by atomic mass is 16.6. The van der Waals surface area contributed by atoms with Gasteiger partial charge in [0.1, 0.15) is 5.60 Å². The summed E-state index contributed by atoms with van der Waals surface area (Å²) in [4.78, 5) is 27.7. The summed E-state index contributed by atoms with van der Waals surface area (Å²) in [5.74, 6) is -0.906. The molecule has 1 aliphatic rings. The van der Waals surface area contributed by atoms with E-state index in [2.05, 4.69) is 11.8 Å². The maximum Gasteiger partial charge on any atom is 0.410 e. The Morgan fingerprint density at radius 1 is 1.24 bits per heavy atom. The number of amides is 1. The summed E-state index contributed by atoms with van der Waals surface area (Å²) in [6.07, 6.45) is 0.602. The molecule has 1 saturated heterocycles. The van der Waals surface area contributed by atoms with E-state index >= 15 is 0 Å². The van der Waals surface area contributed by atoms with Crippen LogP contribution >= 0.6 is 0 Å². The van der Waals surface area contributed by atoms with Gasteiger partial charge in [0.15, 0.2) is 0 Å². The fraction of sp³-hybridized carbons (Fsp3) is 0.579. The van der Waals surface area contributed by atoms with Gasteiger partial charge < -0.3 is 14.7 Å². The van der Waals surface area contributed by atoms with Crippen LogP contribution in [0, 0.1) is 0 Å². The Labute approximate surface area is 149 Å². The second kappa shape index (κ2) is 7.87. The highest BCUT2D eigenvalue weighted by Crippen LogP contribution is 2.20. The van der Waals surface area contributed by atoms with Gasteiger partial charge in [0.2, 0.25) is 0 Å². The number of carbonyl (C=O) groups is 2. The lowest BCUT2D eigenvalue weighted by molar-refractivity contribution is 0.00191. The molecule has 2 rings (SSSR count). The number of benzene rings is 1. The van der Waals surface area contributed by atoms with E-state index in [1.54, 1.807) is 17.0 Å². The van der Waals surface area contributed by atoms with Crippen molar-refractivity contribution in [3.05, 3.63) is 35.4 Å². The minimum absolute atomic E-state index is 0.183. The molecule has 0 aromatic heterocycles. The summed E-state index contributed by atoms with van der Waals surface area (Å²) in [7, 11) is 0. The van der Waals surface area contributed by atoms with E-state index in [1.165, 1.54) is 0 Å². The number of carbonyl (C=O) groups excluding carboxylic acids is 1. The summed E-state index contributed by atoms with van der Waals surface area (Å²) in [6, 6.07) is 7.28. The van der Waals surface area contributed by atoms with E-state index < -0.39 is 11.6 Å². The van der Waals surface area contributed by atoms with Gasteiger partial charge in [-0.3, -0.25) is 4.90 Å². The van der Waals surface area contributed by atoms with E-state index in [0.29, 0.717) is 31.7 Å². The second-order valence-electron chi connectivity index (χ2n) is 7.42. The number of nitrogens with zero attached hydrogens (tertiary/aromatic N) is 2. The first-order chi connectivity index (χ1) is 11.7. The number of aromatic carboxylic acids is 1. The first-order valence-corrected chi connectivity index (χ1v) is 8.74. The van der Waals surface area contributed by atoms with Gasteiger partial charge in [-0.1, -0.05) is 25.1 Å². The van der Waals surface area contributed by atoms with Crippen molar-refractivity contribution < 1.29 is 19.4 Å². The number of piperazine rings is 1. The molecule has 1 aliphatic heterocycles. The van der Waals surface area contributed by atoms with Gasteiger partial charge >= 0.3 is 12.1 Å². The molecule has 0 bridgehead atoms. The minimum atomic E-state index is -0.906. The van der Waals surface area contributed by atoms with Crippen molar-refractivity contribution >= 4 is 12.1 Å². The van der Waals surface area contributed by atoms with Gasteiger partial charge in [-0.05, 0) is 38.8 Å². The lowest BCUT2D eigenvalue weighted by Crippen LogP contribution is -2.54. The summed E-state index contributed by atoms with van der Waals surface area (Å²) in [5.41, 5.74) is 0.641. The van der Waals surface area contributed by atoms with Crippen molar-refractivity contribution in [2.45, 2.75) is 52.3 Å². The lowest BCUT2D eigenvalue weighted by atomic mass is 10.0. The highest BCUT2D eigenvalue weighted by Gasteiger charge is 2.31. The molecule has 0 radical (unpaired) electrons. The maximum atomic E-state index is 12.3. The normalized spacial score (nSPS) is 18.9. The maximum absolute atomic E-state index is 12.3. The third-order valence-corrected chi connectivity index (χ3v) is 4.35. The van der Waals surface area contributed by atoms with Gasteiger partial charge in [-0.25, -0.2) is 9.59 Å². The van der Waals surface area contributed by atoms with Gasteiger partial charge in [0.25, 0.3) is 0 Å². The summed E-state index contributed by atoms with van der Waals surface area (Å²) >= 11 is 0. The van der Waals surface area contributed by atoms with Crippen LogP contribution in [0.5, 0.6) is 0 Å². The molecule has 0 aliphatic carbocycles. The number of rotatable bonds is 4. The summed E-state index contributed by atoms with van der Waals surface area (Å²) in [5, 5.41) is 9.35. The molecule has 25 heavy (non-hydrogen) atoms. The Bertz CT molecular complexity index is 624. The lowest BCUT2D eigenvalue weighted by Gasteiger charge is -2.41. The van der Waals surface area contributed by atoms with Gasteiger partial charge in [-0.15, -0.1) is 0 Å². The van der Waals surface area contributed by atoms with E-state index in [9.17, 15) is 14.7 Å². The van der Waals surface area contributed by atoms with E-state index in [0.717, 1.165) is 12.0 Å². The molecular formula is C19H28N2O4. The SMILES string of the molecule is CC[C@@H]1CN(C(=O)OC(C)(C)C)CCN1Cc1ccccc1C(=O)O. The van der Waals surface area contributed by atoms with Crippen molar-refractivity contribution in [2.24, 2.45) is 0 Å². The van der Waals surface area contributed by atoms with Crippen molar-refractivity contribution in [1.29, 1.82) is 0 Å². The fourth-order valence-electron chi connectivity index (χ4n) is 3.07. The molecule has 0 spiro atoms. The molecular weight excluding hydrogens is 320 g/mol. The Morgan fingerprint density at radius 3 is 2.52 bits per heavy atom. The van der Waals surface area contributed by atoms with Crippen molar-refractivity contribution in [3.8, 4) is 0 Å². The van der Waals surface area contributed by atoms with Gasteiger partial charge in [0, 0.05) is 32.2 Å². The highest BCUT2D eigenvalue weighted by molar-refractivity contribution is 5.89. The fourth-order valence-corrected chi connectivity index (χ4v) is 3.07. The number of carboxylic acid groups (broad SMARTS) is 1. The van der Waals surface area contributed by atoms with Crippen LogP contribution in [0.15, 0.2) is 24.3 Å². The monoisotopic (exact) mass is 348 g/mol. The zero-order valence-electron chi connectivity index (χ0n) is 15.5. The van der Waals surface area contributed by atoms with Gasteiger partial charge in [0.05, 0.1) is 5.56 Å². The molecule has 1 aromatic carbocycles. The second-order valence-corrected chi connectivity index (χ2v) is 7.42. The quantitative estimate of drug-likeness (QED) is 0.905. The topological polar surface area (TPSA) is 70.1 Å². The Morgan fingerprint density at radius 2 is 1.92 bits per heavy atom. The zero-order chi connectivity index (χ0) is 18.6. The largest absolute Gasteiger partial charge is 0.478 e. The third kappa shape index (κ3) is 5.19. The third-order valence-electron chi connectivity index (χ3n) is 4.35. The van der Waals surface area contributed by atoms with Crippen LogP contribution in [0.3, 0.4) is 0 Å². The minimum Gasteiger partial charge on any atom is -0.478 e. The Hall–Kier alpha value is -2.08. The number of hydrogen-bond donors (Lipinski definition) is 1. The molecule has 1 fully saturated rings. The summed E-state index contributed by atoms with van der Waals surface area (Å²) in [6.45, 7) is 10.1. The molecule has 138 valence electrons. The molecule has 1 heterocycles. The predicted octanol–water partition coefficient (Wildman–Crippen LogP) is 3.22. The van der Waals surface area contributed by atoms with Crippen molar-refractivity contribution in [1.82, 2.24) is 9.80 Å². The molecule has 6 nitrogen and oxygen atoms in total. The van der Waals surface area contributed by atoms with Crippen LogP contribution in [0.1, 0.15) is 50.0 Å². The van der Waals surface area contributed by atoms with Crippen LogP contribution in [-0.4, -0.2) is 58.2 Å². The molecule has 1 atom stereocenters. The first-order valence-electron chi connectivity index (χ1n) is 8.74. The van der Waals surface area contributed by atoms with Crippen molar-refractivity contribution in [3.63, 3.8) is 0 Å². The van der Waals surface area contributed by atoms with E-state index in [4.69, 9.17) is 4.74 Å². The van der Waals surface area contributed by atoms with E-state index in [-0.39, 0.29) is 12.1 Å². The predicted molar refractivity (Wildman–Crippen MR) is 95.7 cm³/mol. The van der Waals surface area contributed by atoms with Gasteiger partial charge in [-0.2, -0.15) is 0 Å². The van der Waals surface area contributed by atoms with Crippen LogP contribution in [0.2, 0.25) is 0 Å². The van der Waals surface area contributed by atoms with E-state index in [1.807, 2.05) is 32.9 Å². The smallest absolute Gasteiger partial charge is 0.410 e. The number of hydrogen-bond acceptors (Lipinski definition) is 4. The molecule has 1 amide bonds. The van der Waals surface area contributed by atoms with Crippen LogP contribution in [-0.2, 0) is 11.3 Å². The average Bonchev–Trinajstić information content (AvgIpc) is 2.53. The number of carboxylic acids is 1. The molecule has 0 saturated carbocycles. The number of ether oxygens (including phenoxy) is 1. The summed E-state index contributed by atoms with van der Waals surface area (Å²) < 4.78 is 5.46. The van der Waals surface area contributed by atoms with Crippen molar-refractivity contribution in [2.75, 3.05) is 19.6 Å². The Balaban J connectivity index is 2.06. The first kappa shape index (κ1) is 19.2. The molecule has 6 heteroatoms. The standard InChI is InChI=1S/C19H28N2O4/c1-5-15-13-21(18(24)25-19(2,3)4)11-10-20(15)12-14-8-6-7-9-16(14)17(22)23/h6-9,15H,5,10-13H2,1-4H3,(H,22,23)/t15-/m1/s1. The van der Waals surface area contributed by atoms with Crippen LogP contribution in [0.4, 0.5) is 4.79 Å². The average molecular weight is 348 g/mol. The Kier molecular flexibility index (Phi) is 6.06. The molecule has 1 N–H and O–H groups in total.